The first-order chi connectivity index (χ1) is 20.1. The molecular formula is C21H29N10O10P. The van der Waals surface area contributed by atoms with Crippen molar-refractivity contribution in [2.45, 2.75) is 49.7 Å². The monoisotopic (exact) mass is 612 g/mol. The third-order valence-corrected chi connectivity index (χ3v) is 7.20. The molecule has 1 unspecified atom stereocenters. The minimum Gasteiger partial charge on any atom is -0.394 e. The lowest BCUT2D eigenvalue weighted by Gasteiger charge is -2.17. The molecule has 7 atom stereocenters. The van der Waals surface area contributed by atoms with Crippen LogP contribution in [0.25, 0.3) is 22.3 Å². The summed E-state index contributed by atoms with van der Waals surface area (Å²) < 4.78 is 19.1. The van der Waals surface area contributed by atoms with Crippen molar-refractivity contribution in [3.8, 4) is 0 Å². The van der Waals surface area contributed by atoms with Gasteiger partial charge in [0.25, 0.3) is 11.1 Å². The van der Waals surface area contributed by atoms with Crippen molar-refractivity contribution in [2.24, 2.45) is 0 Å². The second-order valence-corrected chi connectivity index (χ2v) is 10.7. The molecule has 0 radical (unpaired) electrons. The van der Waals surface area contributed by atoms with Crippen molar-refractivity contribution >= 4 is 42.6 Å². The molecule has 20 nitrogen and oxygen atoms in total. The van der Waals surface area contributed by atoms with Crippen LogP contribution in [0.2, 0.25) is 0 Å². The number of aliphatic hydroxyl groups excluding tert-OH is 4. The second kappa shape index (κ2) is 12.3. The van der Waals surface area contributed by atoms with Gasteiger partial charge in [-0.05, 0) is 0 Å². The normalized spacial score (nSPS) is 26.5. The Bertz CT molecular complexity index is 1660. The molecule has 0 saturated carbocycles. The Balaban J connectivity index is 0.000000171. The summed E-state index contributed by atoms with van der Waals surface area (Å²) in [5.41, 5.74) is 10.7. The number of H-pyrrole nitrogens is 2. The molecule has 0 spiro atoms. The predicted molar refractivity (Wildman–Crippen MR) is 143 cm³/mol. The topological polar surface area (TPSA) is 308 Å². The van der Waals surface area contributed by atoms with Crippen molar-refractivity contribution in [1.82, 2.24) is 39.0 Å². The highest BCUT2D eigenvalue weighted by Crippen LogP contribution is 2.35. The number of nitrogens with two attached hydrogens (primary N) is 2. The maximum absolute atomic E-state index is 11.8. The van der Waals surface area contributed by atoms with Crippen molar-refractivity contribution in [1.29, 1.82) is 0 Å². The number of nitrogens with one attached hydrogen (secondary N) is 2. The number of nitrogen functional groups attached to an aromatic ring is 2. The maximum atomic E-state index is 11.8. The molecule has 0 aliphatic carbocycles. The summed E-state index contributed by atoms with van der Waals surface area (Å²) >= 11 is 0. The lowest BCUT2D eigenvalue weighted by molar-refractivity contribution is -0.0486. The van der Waals surface area contributed by atoms with E-state index in [9.17, 15) is 24.7 Å². The molecular weight excluding hydrogens is 583 g/mol. The number of anilines is 2. The molecule has 0 amide bonds. The zero-order chi connectivity index (χ0) is 30.1. The van der Waals surface area contributed by atoms with Crippen LogP contribution in [0, 0.1) is 0 Å². The van der Waals surface area contributed by atoms with Gasteiger partial charge in [0.05, 0.1) is 38.1 Å². The first kappa shape index (κ1) is 29.9. The largest absolute Gasteiger partial charge is 0.394 e. The van der Waals surface area contributed by atoms with Crippen LogP contribution in [0.15, 0.2) is 22.2 Å². The Kier molecular flexibility index (Phi) is 8.78. The van der Waals surface area contributed by atoms with E-state index in [0.717, 1.165) is 0 Å². The molecule has 2 aliphatic rings. The smallest absolute Gasteiger partial charge is 0.280 e. The van der Waals surface area contributed by atoms with Gasteiger partial charge in [-0.1, -0.05) is 0 Å². The molecule has 228 valence electrons. The number of aromatic nitrogens is 8. The fraction of sp³-hybridized carbons (Fsp3) is 0.524. The van der Waals surface area contributed by atoms with Crippen LogP contribution in [-0.4, -0.2) is 108 Å². The summed E-state index contributed by atoms with van der Waals surface area (Å²) in [6, 6.07) is 0. The van der Waals surface area contributed by atoms with Gasteiger partial charge in [0.1, 0.15) is 18.6 Å². The highest BCUT2D eigenvalue weighted by Gasteiger charge is 2.37. The van der Waals surface area contributed by atoms with Crippen LogP contribution < -0.4 is 22.6 Å². The molecule has 2 aliphatic heterocycles. The number of imidazole rings is 2. The lowest BCUT2D eigenvalue weighted by atomic mass is 10.2. The quantitative estimate of drug-likeness (QED) is 0.0937. The number of rotatable bonds is 7. The molecule has 0 bridgehead atoms. The molecule has 6 heterocycles. The van der Waals surface area contributed by atoms with Gasteiger partial charge in [0.15, 0.2) is 43.2 Å². The zero-order valence-electron chi connectivity index (χ0n) is 21.7. The van der Waals surface area contributed by atoms with Gasteiger partial charge in [-0.3, -0.25) is 28.7 Å². The fourth-order valence-corrected chi connectivity index (χ4v) is 5.07. The summed E-state index contributed by atoms with van der Waals surface area (Å²) in [5.74, 6) is -0.101. The van der Waals surface area contributed by atoms with Crippen molar-refractivity contribution in [2.75, 3.05) is 31.0 Å². The number of nitrogens with zero attached hydrogens (tertiary/aromatic N) is 6. The molecule has 2 fully saturated rings. The fourth-order valence-electron chi connectivity index (χ4n) is 4.65. The third kappa shape index (κ3) is 5.98. The Morgan fingerprint density at radius 2 is 1.38 bits per heavy atom. The van der Waals surface area contributed by atoms with Gasteiger partial charge in [-0.15, -0.1) is 0 Å². The van der Waals surface area contributed by atoms with Crippen LogP contribution in [-0.2, 0) is 14.0 Å². The van der Waals surface area contributed by atoms with Crippen molar-refractivity contribution < 1.29 is 39.3 Å². The Morgan fingerprint density at radius 1 is 0.905 bits per heavy atom. The van der Waals surface area contributed by atoms with E-state index in [0.29, 0.717) is 6.42 Å². The molecule has 4 aromatic rings. The molecule has 0 aromatic carbocycles. The Hall–Kier alpha value is -3.59. The van der Waals surface area contributed by atoms with Crippen LogP contribution in [0.3, 0.4) is 0 Å². The van der Waals surface area contributed by atoms with E-state index in [-0.39, 0.29) is 53.9 Å². The van der Waals surface area contributed by atoms with Crippen LogP contribution in [0.5, 0.6) is 0 Å². The summed E-state index contributed by atoms with van der Waals surface area (Å²) in [6.45, 7) is -0.157. The van der Waals surface area contributed by atoms with Crippen LogP contribution >= 0.6 is 8.38 Å². The molecule has 6 rings (SSSR count). The van der Waals surface area contributed by atoms with Gasteiger partial charge in [0.2, 0.25) is 11.9 Å². The van der Waals surface area contributed by atoms with E-state index in [1.54, 1.807) is 0 Å². The molecule has 4 aromatic heterocycles. The van der Waals surface area contributed by atoms with Crippen LogP contribution in [0.4, 0.5) is 11.9 Å². The van der Waals surface area contributed by atoms with E-state index < -0.39 is 62.7 Å². The van der Waals surface area contributed by atoms with Gasteiger partial charge in [-0.25, -0.2) is 9.97 Å². The second-order valence-electron chi connectivity index (χ2n) is 9.43. The number of aromatic amines is 2. The Morgan fingerprint density at radius 3 is 1.83 bits per heavy atom. The van der Waals surface area contributed by atoms with Gasteiger partial charge in [-0.2, -0.15) is 9.97 Å². The summed E-state index contributed by atoms with van der Waals surface area (Å²) in [5, 5.41) is 37.9. The number of hydrogen-bond acceptors (Lipinski definition) is 16. The molecule has 2 saturated heterocycles. The van der Waals surface area contributed by atoms with E-state index in [2.05, 4.69) is 29.9 Å². The number of fused-ring (bicyclic) bond motifs is 2. The van der Waals surface area contributed by atoms with E-state index in [1.807, 2.05) is 0 Å². The van der Waals surface area contributed by atoms with E-state index >= 15 is 0 Å². The summed E-state index contributed by atoms with van der Waals surface area (Å²) in [7, 11) is -1.90. The van der Waals surface area contributed by atoms with Gasteiger partial charge in [0, 0.05) is 12.8 Å². The van der Waals surface area contributed by atoms with E-state index in [1.165, 1.54) is 21.8 Å². The average Bonchev–Trinajstić information content (AvgIpc) is 3.72. The third-order valence-electron chi connectivity index (χ3n) is 6.51. The lowest BCUT2D eigenvalue weighted by Crippen LogP contribution is -2.20. The highest BCUT2D eigenvalue weighted by atomic mass is 31.2. The number of aliphatic hydroxyl groups is 4. The standard InChI is InChI=1S/C11H16N5O6P.C10H13N5O4/c12-11-14-8-7(9(19)15-11)13-3-16(8)10-6(18)1-5(22-10)2-21-23(20)4-17;11-10-13-7-6(8(18)14-10)12-3-15(7)9-5(17)1-4(2-16)19-9/h3,5-6,10,17-18,20H,1-2,4H2,(H3,12,14,15,19);3-5,9,16-17H,1-2H2,(H3,11,13,14,18)/t5-,6-,10+,23?;4-,5-,9+/m00/s1. The minimum absolute atomic E-state index is 0.0269. The number of ether oxygens (including phenoxy) is 2. The SMILES string of the molecule is Nc1nc2c(ncn2[C@@H]2O[C@H](CO)C[C@@H]2O)c(=O)[nH]1.Nc1nc2c(ncn2[C@@H]2O[C@H](COP(O)CO)C[C@@H]2O)c(=O)[nH]1. The first-order valence-electron chi connectivity index (χ1n) is 12.5. The zero-order valence-corrected chi connectivity index (χ0v) is 22.6. The van der Waals surface area contributed by atoms with E-state index in [4.69, 9.17) is 35.7 Å². The van der Waals surface area contributed by atoms with Crippen molar-refractivity contribution in [3.63, 3.8) is 0 Å². The summed E-state index contributed by atoms with van der Waals surface area (Å²) in [4.78, 5) is 53.2. The molecule has 21 heteroatoms. The molecule has 42 heavy (non-hydrogen) atoms. The minimum atomic E-state index is -1.90. The molecule has 11 N–H and O–H groups in total. The van der Waals surface area contributed by atoms with Gasteiger partial charge >= 0.3 is 0 Å². The van der Waals surface area contributed by atoms with Crippen molar-refractivity contribution in [3.05, 3.63) is 33.4 Å². The number of hydrogen-bond donors (Lipinski definition) is 9. The maximum Gasteiger partial charge on any atom is 0.280 e. The Labute approximate surface area is 235 Å². The average molecular weight is 612 g/mol. The summed E-state index contributed by atoms with van der Waals surface area (Å²) in [6.07, 6.45) is -1.34. The predicted octanol–water partition coefficient (Wildman–Crippen LogP) is -3.04. The highest BCUT2D eigenvalue weighted by molar-refractivity contribution is 7.45. The first-order valence-corrected chi connectivity index (χ1v) is 13.9. The van der Waals surface area contributed by atoms with Crippen LogP contribution in [0.1, 0.15) is 25.3 Å². The van der Waals surface area contributed by atoms with Gasteiger partial charge < -0.3 is 50.8 Å².